The number of nitrogens with two attached hydrogens (primary N) is 1. The number of aliphatic hydroxyl groups is 1. The summed E-state index contributed by atoms with van der Waals surface area (Å²) >= 11 is 0. The average molecular weight is 224 g/mol. The standard InChI is InChI=1S/C12H20N2O2/c1-9(13)12(11-3-2-6-16-11)14-5-4-10(7-14)8-15/h2-3,6,9-10,12,15H,4-5,7-8,13H2,1H3. The van der Waals surface area contributed by atoms with Crippen molar-refractivity contribution in [2.75, 3.05) is 19.7 Å². The van der Waals surface area contributed by atoms with Crippen LogP contribution in [0.5, 0.6) is 0 Å². The summed E-state index contributed by atoms with van der Waals surface area (Å²) < 4.78 is 5.45. The number of likely N-dealkylation sites (tertiary alicyclic amines) is 1. The van der Waals surface area contributed by atoms with Crippen LogP contribution in [0.4, 0.5) is 0 Å². The molecule has 0 spiro atoms. The van der Waals surface area contributed by atoms with Gasteiger partial charge in [0.1, 0.15) is 5.76 Å². The molecular formula is C12H20N2O2. The summed E-state index contributed by atoms with van der Waals surface area (Å²) in [5, 5.41) is 9.15. The van der Waals surface area contributed by atoms with E-state index in [2.05, 4.69) is 4.90 Å². The average Bonchev–Trinajstić information content (AvgIpc) is 2.88. The zero-order chi connectivity index (χ0) is 11.5. The molecule has 0 saturated carbocycles. The number of furan rings is 1. The number of rotatable bonds is 4. The highest BCUT2D eigenvalue weighted by molar-refractivity contribution is 5.08. The van der Waals surface area contributed by atoms with Crippen molar-refractivity contribution in [1.82, 2.24) is 4.90 Å². The van der Waals surface area contributed by atoms with E-state index < -0.39 is 0 Å². The molecule has 0 amide bonds. The normalized spacial score (nSPS) is 25.8. The first-order valence-corrected chi connectivity index (χ1v) is 5.86. The predicted molar refractivity (Wildman–Crippen MR) is 61.9 cm³/mol. The summed E-state index contributed by atoms with van der Waals surface area (Å²) in [6.45, 7) is 4.15. The van der Waals surface area contributed by atoms with Gasteiger partial charge in [-0.3, -0.25) is 4.90 Å². The first kappa shape index (κ1) is 11.6. The van der Waals surface area contributed by atoms with E-state index in [9.17, 15) is 0 Å². The van der Waals surface area contributed by atoms with Crippen molar-refractivity contribution in [3.05, 3.63) is 24.2 Å². The first-order valence-electron chi connectivity index (χ1n) is 5.86. The summed E-state index contributed by atoms with van der Waals surface area (Å²) in [4.78, 5) is 2.31. The van der Waals surface area contributed by atoms with Gasteiger partial charge in [0.15, 0.2) is 0 Å². The molecule has 90 valence electrons. The predicted octanol–water partition coefficient (Wildman–Crippen LogP) is 0.982. The van der Waals surface area contributed by atoms with Crippen molar-refractivity contribution in [3.63, 3.8) is 0 Å². The van der Waals surface area contributed by atoms with E-state index in [1.165, 1.54) is 0 Å². The van der Waals surface area contributed by atoms with Gasteiger partial charge in [0.05, 0.1) is 12.3 Å². The Morgan fingerprint density at radius 1 is 1.69 bits per heavy atom. The van der Waals surface area contributed by atoms with E-state index in [0.29, 0.717) is 5.92 Å². The minimum Gasteiger partial charge on any atom is -0.468 e. The van der Waals surface area contributed by atoms with E-state index in [1.54, 1.807) is 6.26 Å². The van der Waals surface area contributed by atoms with Crippen molar-refractivity contribution in [1.29, 1.82) is 0 Å². The van der Waals surface area contributed by atoms with E-state index in [4.69, 9.17) is 15.3 Å². The lowest BCUT2D eigenvalue weighted by Crippen LogP contribution is -2.38. The molecule has 0 radical (unpaired) electrons. The molecule has 4 heteroatoms. The minimum atomic E-state index is 0.0311. The quantitative estimate of drug-likeness (QED) is 0.800. The maximum Gasteiger partial charge on any atom is 0.122 e. The summed E-state index contributed by atoms with van der Waals surface area (Å²) in [5.41, 5.74) is 6.03. The molecule has 3 unspecified atom stereocenters. The van der Waals surface area contributed by atoms with Crippen LogP contribution in [0.1, 0.15) is 25.1 Å². The smallest absolute Gasteiger partial charge is 0.122 e. The lowest BCUT2D eigenvalue weighted by atomic mass is 10.1. The van der Waals surface area contributed by atoms with Gasteiger partial charge in [0, 0.05) is 19.2 Å². The third-order valence-electron chi connectivity index (χ3n) is 3.30. The Kier molecular flexibility index (Phi) is 3.63. The maximum absolute atomic E-state index is 9.15. The lowest BCUT2D eigenvalue weighted by Gasteiger charge is -2.29. The van der Waals surface area contributed by atoms with Crippen molar-refractivity contribution in [2.45, 2.75) is 25.4 Å². The van der Waals surface area contributed by atoms with Gasteiger partial charge in [-0.25, -0.2) is 0 Å². The summed E-state index contributed by atoms with van der Waals surface area (Å²) in [7, 11) is 0. The van der Waals surface area contributed by atoms with Crippen LogP contribution >= 0.6 is 0 Å². The Morgan fingerprint density at radius 2 is 2.50 bits per heavy atom. The van der Waals surface area contributed by atoms with Crippen molar-refractivity contribution in [2.24, 2.45) is 11.7 Å². The number of aliphatic hydroxyl groups excluding tert-OH is 1. The van der Waals surface area contributed by atoms with Gasteiger partial charge in [-0.2, -0.15) is 0 Å². The van der Waals surface area contributed by atoms with Gasteiger partial charge >= 0.3 is 0 Å². The zero-order valence-corrected chi connectivity index (χ0v) is 9.67. The van der Waals surface area contributed by atoms with Crippen LogP contribution in [0.15, 0.2) is 22.8 Å². The van der Waals surface area contributed by atoms with Crippen LogP contribution in [0.25, 0.3) is 0 Å². The monoisotopic (exact) mass is 224 g/mol. The molecule has 16 heavy (non-hydrogen) atoms. The third kappa shape index (κ3) is 2.29. The molecule has 2 heterocycles. The Labute approximate surface area is 96.0 Å². The highest BCUT2D eigenvalue weighted by Crippen LogP contribution is 2.29. The van der Waals surface area contributed by atoms with Crippen molar-refractivity contribution >= 4 is 0 Å². The molecule has 1 aliphatic rings. The first-order chi connectivity index (χ1) is 7.72. The van der Waals surface area contributed by atoms with Gasteiger partial charge in [-0.1, -0.05) is 0 Å². The summed E-state index contributed by atoms with van der Waals surface area (Å²) in [6.07, 6.45) is 2.73. The maximum atomic E-state index is 9.15. The van der Waals surface area contributed by atoms with Gasteiger partial charge in [0.25, 0.3) is 0 Å². The van der Waals surface area contributed by atoms with E-state index >= 15 is 0 Å². The summed E-state index contributed by atoms with van der Waals surface area (Å²) in [6, 6.07) is 4.03. The van der Waals surface area contributed by atoms with E-state index in [-0.39, 0.29) is 18.7 Å². The molecule has 2 rings (SSSR count). The lowest BCUT2D eigenvalue weighted by molar-refractivity contribution is 0.168. The fourth-order valence-corrected chi connectivity index (χ4v) is 2.50. The molecule has 0 bridgehead atoms. The fraction of sp³-hybridized carbons (Fsp3) is 0.667. The second-order valence-electron chi connectivity index (χ2n) is 4.65. The topological polar surface area (TPSA) is 62.6 Å². The molecule has 1 fully saturated rings. The van der Waals surface area contributed by atoms with E-state index in [0.717, 1.165) is 25.3 Å². The van der Waals surface area contributed by atoms with Crippen LogP contribution < -0.4 is 5.73 Å². The summed E-state index contributed by atoms with van der Waals surface area (Å²) in [5.74, 6) is 1.31. The molecule has 1 aromatic rings. The van der Waals surface area contributed by atoms with E-state index in [1.807, 2.05) is 19.1 Å². The van der Waals surface area contributed by atoms with Gasteiger partial charge in [0.2, 0.25) is 0 Å². The van der Waals surface area contributed by atoms with Crippen LogP contribution in [0, 0.1) is 5.92 Å². The Hall–Kier alpha value is -0.840. The van der Waals surface area contributed by atoms with Gasteiger partial charge < -0.3 is 15.3 Å². The largest absolute Gasteiger partial charge is 0.468 e. The van der Waals surface area contributed by atoms with Crippen LogP contribution in [-0.2, 0) is 0 Å². The number of hydrogen-bond donors (Lipinski definition) is 2. The zero-order valence-electron chi connectivity index (χ0n) is 9.67. The Balaban J connectivity index is 2.09. The second-order valence-corrected chi connectivity index (χ2v) is 4.65. The third-order valence-corrected chi connectivity index (χ3v) is 3.30. The molecule has 1 aliphatic heterocycles. The van der Waals surface area contributed by atoms with Crippen LogP contribution in [0.2, 0.25) is 0 Å². The molecule has 0 aliphatic carbocycles. The van der Waals surface area contributed by atoms with Crippen LogP contribution in [-0.4, -0.2) is 35.7 Å². The molecule has 3 N–H and O–H groups in total. The molecular weight excluding hydrogens is 204 g/mol. The highest BCUT2D eigenvalue weighted by atomic mass is 16.3. The fourth-order valence-electron chi connectivity index (χ4n) is 2.50. The SMILES string of the molecule is CC(N)C(c1ccco1)N1CCC(CO)C1. The molecule has 4 nitrogen and oxygen atoms in total. The Bertz CT molecular complexity index is 311. The molecule has 1 aromatic heterocycles. The number of hydrogen-bond acceptors (Lipinski definition) is 4. The van der Waals surface area contributed by atoms with Crippen molar-refractivity contribution in [3.8, 4) is 0 Å². The van der Waals surface area contributed by atoms with Gasteiger partial charge in [-0.05, 0) is 37.9 Å². The molecule has 0 aromatic carbocycles. The second kappa shape index (κ2) is 4.99. The van der Waals surface area contributed by atoms with Gasteiger partial charge in [-0.15, -0.1) is 0 Å². The highest BCUT2D eigenvalue weighted by Gasteiger charge is 2.32. The van der Waals surface area contributed by atoms with Crippen LogP contribution in [0.3, 0.4) is 0 Å². The molecule has 1 saturated heterocycles. The Morgan fingerprint density at radius 3 is 3.00 bits per heavy atom. The molecule has 3 atom stereocenters. The number of nitrogens with zero attached hydrogens (tertiary/aromatic N) is 1. The minimum absolute atomic E-state index is 0.0311. The van der Waals surface area contributed by atoms with Crippen molar-refractivity contribution < 1.29 is 9.52 Å².